The molecule has 0 saturated heterocycles. The minimum Gasteiger partial charge on any atom is -0.207 e. The Morgan fingerprint density at radius 1 is 0.704 bits per heavy atom. The van der Waals surface area contributed by atoms with Gasteiger partial charge in [-0.15, -0.1) is 0 Å². The molecular formula is C22H24O3S2. The SMILES string of the molecule is Cc1cc(C)c(S(OS(C)(=O)=O)(c2ccccc2)c2ccccc2)c(C)c1. The molecule has 142 valence electrons. The molecule has 0 aliphatic rings. The summed E-state index contributed by atoms with van der Waals surface area (Å²) in [7, 11) is -6.19. The molecule has 0 heterocycles. The first-order valence-corrected chi connectivity index (χ1v) is 12.0. The molecule has 3 nitrogen and oxygen atoms in total. The predicted molar refractivity (Wildman–Crippen MR) is 112 cm³/mol. The van der Waals surface area contributed by atoms with Gasteiger partial charge in [-0.3, -0.25) is 0 Å². The van der Waals surface area contributed by atoms with Gasteiger partial charge in [-0.05, 0) is 66.5 Å². The van der Waals surface area contributed by atoms with E-state index in [-0.39, 0.29) is 0 Å². The van der Waals surface area contributed by atoms with Gasteiger partial charge < -0.3 is 0 Å². The van der Waals surface area contributed by atoms with Crippen LogP contribution in [0.1, 0.15) is 16.7 Å². The van der Waals surface area contributed by atoms with Gasteiger partial charge in [0.15, 0.2) is 0 Å². The second kappa shape index (κ2) is 7.50. The molecule has 0 saturated carbocycles. The van der Waals surface area contributed by atoms with E-state index in [2.05, 4.69) is 12.1 Å². The second-order valence-corrected chi connectivity index (χ2v) is 11.1. The molecule has 27 heavy (non-hydrogen) atoms. The van der Waals surface area contributed by atoms with Gasteiger partial charge in [-0.25, -0.2) is 3.63 Å². The van der Waals surface area contributed by atoms with Gasteiger partial charge >= 0.3 is 0 Å². The predicted octanol–water partition coefficient (Wildman–Crippen LogP) is 5.78. The smallest absolute Gasteiger partial charge is 0.207 e. The second-order valence-electron chi connectivity index (χ2n) is 6.68. The Hall–Kier alpha value is -2.08. The van der Waals surface area contributed by atoms with Crippen LogP contribution in [-0.4, -0.2) is 14.7 Å². The summed E-state index contributed by atoms with van der Waals surface area (Å²) in [6, 6.07) is 23.5. The van der Waals surface area contributed by atoms with Crippen LogP contribution in [0, 0.1) is 20.8 Å². The average molecular weight is 401 g/mol. The van der Waals surface area contributed by atoms with Crippen LogP contribution in [0.4, 0.5) is 0 Å². The molecule has 0 atom stereocenters. The maximum absolute atomic E-state index is 12.5. The van der Waals surface area contributed by atoms with E-state index in [4.69, 9.17) is 3.63 Å². The lowest BCUT2D eigenvalue weighted by molar-refractivity contribution is 0.515. The first-order valence-electron chi connectivity index (χ1n) is 8.66. The molecule has 0 aliphatic carbocycles. The highest BCUT2D eigenvalue weighted by Crippen LogP contribution is 2.71. The first kappa shape index (κ1) is 19.7. The lowest BCUT2D eigenvalue weighted by Gasteiger charge is -2.41. The van der Waals surface area contributed by atoms with Crippen molar-refractivity contribution < 1.29 is 12.0 Å². The normalized spacial score (nSPS) is 12.7. The van der Waals surface area contributed by atoms with Gasteiger partial charge in [0.1, 0.15) is 0 Å². The van der Waals surface area contributed by atoms with Crippen molar-refractivity contribution in [3.8, 4) is 0 Å². The van der Waals surface area contributed by atoms with E-state index in [1.165, 1.54) is 0 Å². The number of benzene rings is 3. The zero-order chi connectivity index (χ0) is 19.7. The summed E-state index contributed by atoms with van der Waals surface area (Å²) < 4.78 is 31.0. The van der Waals surface area contributed by atoms with Crippen LogP contribution in [0.2, 0.25) is 0 Å². The monoisotopic (exact) mass is 400 g/mol. The van der Waals surface area contributed by atoms with E-state index in [0.717, 1.165) is 37.6 Å². The molecule has 0 aromatic heterocycles. The highest BCUT2D eigenvalue weighted by Gasteiger charge is 2.38. The average Bonchev–Trinajstić information content (AvgIpc) is 2.60. The third-order valence-corrected chi connectivity index (χ3v) is 9.16. The summed E-state index contributed by atoms with van der Waals surface area (Å²) in [6.45, 7) is 6.09. The van der Waals surface area contributed by atoms with Crippen LogP contribution in [0.3, 0.4) is 0 Å². The minimum absolute atomic E-state index is 0.858. The van der Waals surface area contributed by atoms with Crippen molar-refractivity contribution in [1.29, 1.82) is 0 Å². The number of rotatable bonds is 5. The molecule has 0 radical (unpaired) electrons. The van der Waals surface area contributed by atoms with Crippen molar-refractivity contribution in [3.05, 3.63) is 89.5 Å². The van der Waals surface area contributed by atoms with Crippen LogP contribution < -0.4 is 0 Å². The Morgan fingerprint density at radius 2 is 1.11 bits per heavy atom. The van der Waals surface area contributed by atoms with Crippen molar-refractivity contribution in [3.63, 3.8) is 0 Å². The highest BCUT2D eigenvalue weighted by molar-refractivity contribution is 8.33. The van der Waals surface area contributed by atoms with Gasteiger partial charge in [0, 0.05) is 14.7 Å². The molecule has 5 heteroatoms. The number of hydrogen-bond donors (Lipinski definition) is 0. The molecule has 0 unspecified atom stereocenters. The summed E-state index contributed by atoms with van der Waals surface area (Å²) in [4.78, 5) is 2.66. The molecule has 0 bridgehead atoms. The number of aryl methyl sites for hydroxylation is 3. The van der Waals surface area contributed by atoms with Crippen LogP contribution in [0.5, 0.6) is 0 Å². The largest absolute Gasteiger partial charge is 0.274 e. The summed E-state index contributed by atoms with van der Waals surface area (Å²) >= 11 is 0. The van der Waals surface area contributed by atoms with E-state index in [1.54, 1.807) is 0 Å². The van der Waals surface area contributed by atoms with Gasteiger partial charge in [-0.2, -0.15) is 8.42 Å². The van der Waals surface area contributed by atoms with Gasteiger partial charge in [0.25, 0.3) is 10.1 Å². The minimum atomic E-state index is -3.73. The van der Waals surface area contributed by atoms with Crippen molar-refractivity contribution in [2.75, 3.05) is 6.26 Å². The van der Waals surface area contributed by atoms with Crippen LogP contribution >= 0.6 is 10.3 Å². The maximum Gasteiger partial charge on any atom is 0.274 e. The van der Waals surface area contributed by atoms with Gasteiger partial charge in [0.2, 0.25) is 0 Å². The van der Waals surface area contributed by atoms with E-state index < -0.39 is 20.4 Å². The zero-order valence-corrected chi connectivity index (χ0v) is 17.6. The van der Waals surface area contributed by atoms with Crippen molar-refractivity contribution in [2.45, 2.75) is 35.5 Å². The molecular weight excluding hydrogens is 376 g/mol. The Bertz CT molecular complexity index is 981. The topological polar surface area (TPSA) is 43.4 Å². The molecule has 0 amide bonds. The highest BCUT2D eigenvalue weighted by atomic mass is 32.3. The van der Waals surface area contributed by atoms with E-state index in [1.807, 2.05) is 81.4 Å². The Labute approximate surface area is 163 Å². The summed E-state index contributed by atoms with van der Waals surface area (Å²) in [5.74, 6) is 0. The Kier molecular flexibility index (Phi) is 5.47. The molecule has 0 aliphatic heterocycles. The fourth-order valence-electron chi connectivity index (χ4n) is 3.51. The van der Waals surface area contributed by atoms with Crippen LogP contribution in [0.25, 0.3) is 0 Å². The maximum atomic E-state index is 12.5. The van der Waals surface area contributed by atoms with E-state index in [0.29, 0.717) is 0 Å². The van der Waals surface area contributed by atoms with E-state index in [9.17, 15) is 8.42 Å². The lowest BCUT2D eigenvalue weighted by atomic mass is 10.1. The Morgan fingerprint density at radius 3 is 1.48 bits per heavy atom. The molecule has 3 rings (SSSR count). The van der Waals surface area contributed by atoms with E-state index >= 15 is 0 Å². The van der Waals surface area contributed by atoms with Crippen molar-refractivity contribution in [1.82, 2.24) is 0 Å². The number of hydrogen-bond acceptors (Lipinski definition) is 3. The van der Waals surface area contributed by atoms with Crippen LogP contribution in [0.15, 0.2) is 87.5 Å². The summed E-state index contributed by atoms with van der Waals surface area (Å²) in [5.41, 5.74) is 3.19. The van der Waals surface area contributed by atoms with Crippen molar-refractivity contribution in [2.24, 2.45) is 0 Å². The molecule has 0 N–H and O–H groups in total. The zero-order valence-electron chi connectivity index (χ0n) is 16.0. The first-order chi connectivity index (χ1) is 12.7. The summed E-state index contributed by atoms with van der Waals surface area (Å²) in [6.07, 6.45) is 1.12. The van der Waals surface area contributed by atoms with Gasteiger partial charge in [0.05, 0.1) is 6.26 Å². The molecule has 0 fully saturated rings. The Balaban J connectivity index is 2.49. The third-order valence-electron chi connectivity index (χ3n) is 4.27. The molecule has 3 aromatic rings. The van der Waals surface area contributed by atoms with Crippen molar-refractivity contribution >= 4 is 20.4 Å². The fourth-order valence-corrected chi connectivity index (χ4v) is 8.75. The quantitative estimate of drug-likeness (QED) is 0.545. The van der Waals surface area contributed by atoms with Crippen LogP contribution in [-0.2, 0) is 13.7 Å². The lowest BCUT2D eigenvalue weighted by Crippen LogP contribution is -2.15. The molecule has 0 spiro atoms. The third kappa shape index (κ3) is 3.95. The summed E-state index contributed by atoms with van der Waals surface area (Å²) in [5, 5.41) is 0. The standard InChI is InChI=1S/C22H24O3S2/c1-17-15-18(2)22(19(3)16-17)27(25-26(4,23)24,20-11-7-5-8-12-20)21-13-9-6-10-14-21/h5-16H,1-4H3. The van der Waals surface area contributed by atoms with Gasteiger partial charge in [-0.1, -0.05) is 54.1 Å². The molecule has 3 aromatic carbocycles. The fraction of sp³-hybridized carbons (Fsp3) is 0.182.